The molecule has 2 N–H and O–H groups in total. The lowest BCUT2D eigenvalue weighted by molar-refractivity contribution is 0.0697. The summed E-state index contributed by atoms with van der Waals surface area (Å²) in [6, 6.07) is 4.98. The molecule has 1 aromatic rings. The number of aromatic carboxylic acids is 1. The van der Waals surface area contributed by atoms with Crippen LogP contribution in [0.25, 0.3) is 0 Å². The number of carboxylic acid groups (broad SMARTS) is 1. The van der Waals surface area contributed by atoms with E-state index in [0.29, 0.717) is 5.56 Å². The Labute approximate surface area is 95.5 Å². The van der Waals surface area contributed by atoms with Crippen LogP contribution >= 0.6 is 0 Å². The van der Waals surface area contributed by atoms with Crippen LogP contribution in [0.3, 0.4) is 0 Å². The molecule has 16 heavy (non-hydrogen) atoms. The minimum atomic E-state index is -0.905. The quantitative estimate of drug-likeness (QED) is 0.598. The van der Waals surface area contributed by atoms with Gasteiger partial charge in [0, 0.05) is 18.5 Å². The lowest BCUT2D eigenvalue weighted by atomic mass is 10.1. The van der Waals surface area contributed by atoms with Crippen molar-refractivity contribution in [3.8, 4) is 11.8 Å². The van der Waals surface area contributed by atoms with Gasteiger partial charge in [-0.1, -0.05) is 11.8 Å². The minimum Gasteiger partial charge on any atom is -0.478 e. The smallest absolute Gasteiger partial charge is 0.335 e. The highest BCUT2D eigenvalue weighted by atomic mass is 16.4. The van der Waals surface area contributed by atoms with E-state index in [2.05, 4.69) is 17.2 Å². The summed E-state index contributed by atoms with van der Waals surface area (Å²) in [5.74, 6) is 5.16. The number of rotatable bonds is 3. The zero-order valence-electron chi connectivity index (χ0n) is 9.50. The molecule has 1 aromatic carbocycles. The molecule has 0 aliphatic rings. The SMILES string of the molecule is CNCCC#Cc1ccc(C(=O)O)cc1C. The van der Waals surface area contributed by atoms with Crippen molar-refractivity contribution in [3.63, 3.8) is 0 Å². The molecule has 0 amide bonds. The number of hydrogen-bond acceptors (Lipinski definition) is 2. The highest BCUT2D eigenvalue weighted by Crippen LogP contribution is 2.09. The maximum Gasteiger partial charge on any atom is 0.335 e. The first-order valence-corrected chi connectivity index (χ1v) is 5.12. The Morgan fingerprint density at radius 2 is 2.25 bits per heavy atom. The molecule has 0 atom stereocenters. The number of carboxylic acids is 1. The summed E-state index contributed by atoms with van der Waals surface area (Å²) < 4.78 is 0. The van der Waals surface area contributed by atoms with Crippen molar-refractivity contribution in [2.75, 3.05) is 13.6 Å². The van der Waals surface area contributed by atoms with E-state index in [1.54, 1.807) is 18.2 Å². The molecule has 0 saturated heterocycles. The molecule has 0 unspecified atom stereocenters. The van der Waals surface area contributed by atoms with Crippen LogP contribution < -0.4 is 5.32 Å². The summed E-state index contributed by atoms with van der Waals surface area (Å²) >= 11 is 0. The molecule has 0 fully saturated rings. The number of benzene rings is 1. The summed E-state index contributed by atoms with van der Waals surface area (Å²) in [6.45, 7) is 2.73. The van der Waals surface area contributed by atoms with Crippen molar-refractivity contribution in [1.29, 1.82) is 0 Å². The van der Waals surface area contributed by atoms with Gasteiger partial charge in [-0.2, -0.15) is 0 Å². The van der Waals surface area contributed by atoms with Crippen molar-refractivity contribution in [2.45, 2.75) is 13.3 Å². The third-order valence-corrected chi connectivity index (χ3v) is 2.20. The summed E-state index contributed by atoms with van der Waals surface area (Å²) in [6.07, 6.45) is 0.788. The Balaban J connectivity index is 2.81. The third-order valence-electron chi connectivity index (χ3n) is 2.20. The molecule has 0 saturated carbocycles. The molecule has 3 heteroatoms. The van der Waals surface area contributed by atoms with Crippen molar-refractivity contribution < 1.29 is 9.90 Å². The Hall–Kier alpha value is -1.79. The first kappa shape index (κ1) is 12.3. The minimum absolute atomic E-state index is 0.304. The van der Waals surface area contributed by atoms with Gasteiger partial charge in [0.15, 0.2) is 0 Å². The van der Waals surface area contributed by atoms with Crippen LogP contribution in [0.4, 0.5) is 0 Å². The van der Waals surface area contributed by atoms with E-state index < -0.39 is 5.97 Å². The first-order valence-electron chi connectivity index (χ1n) is 5.12. The van der Waals surface area contributed by atoms with Gasteiger partial charge in [-0.05, 0) is 37.7 Å². The zero-order chi connectivity index (χ0) is 12.0. The number of nitrogens with one attached hydrogen (secondary N) is 1. The molecule has 0 aliphatic heterocycles. The molecule has 0 aliphatic carbocycles. The summed E-state index contributed by atoms with van der Waals surface area (Å²) in [5, 5.41) is 11.8. The Kier molecular flexibility index (Phi) is 4.56. The molecule has 0 heterocycles. The predicted molar refractivity (Wildman–Crippen MR) is 63.6 cm³/mol. The Morgan fingerprint density at radius 3 is 2.81 bits per heavy atom. The molecular weight excluding hydrogens is 202 g/mol. The van der Waals surface area contributed by atoms with Gasteiger partial charge in [0.2, 0.25) is 0 Å². The fourth-order valence-corrected chi connectivity index (χ4v) is 1.28. The van der Waals surface area contributed by atoms with Crippen LogP contribution in [0.2, 0.25) is 0 Å². The van der Waals surface area contributed by atoms with E-state index in [9.17, 15) is 4.79 Å². The molecule has 3 nitrogen and oxygen atoms in total. The number of carbonyl (C=O) groups is 1. The van der Waals surface area contributed by atoms with Gasteiger partial charge in [0.1, 0.15) is 0 Å². The topological polar surface area (TPSA) is 49.3 Å². The van der Waals surface area contributed by atoms with Gasteiger partial charge in [0.05, 0.1) is 5.56 Å². The van der Waals surface area contributed by atoms with Crippen LogP contribution in [0.5, 0.6) is 0 Å². The number of aryl methyl sites for hydroxylation is 1. The summed E-state index contributed by atoms with van der Waals surface area (Å²) in [4.78, 5) is 10.7. The van der Waals surface area contributed by atoms with Crippen molar-refractivity contribution >= 4 is 5.97 Å². The second-order valence-corrected chi connectivity index (χ2v) is 3.49. The van der Waals surface area contributed by atoms with Gasteiger partial charge < -0.3 is 10.4 Å². The molecule has 0 radical (unpaired) electrons. The van der Waals surface area contributed by atoms with Crippen molar-refractivity contribution in [1.82, 2.24) is 5.32 Å². The summed E-state index contributed by atoms with van der Waals surface area (Å²) in [7, 11) is 1.88. The Morgan fingerprint density at radius 1 is 1.50 bits per heavy atom. The van der Waals surface area contributed by atoms with Crippen LogP contribution in [0.1, 0.15) is 27.9 Å². The zero-order valence-corrected chi connectivity index (χ0v) is 9.50. The molecule has 1 rings (SSSR count). The van der Waals surface area contributed by atoms with E-state index >= 15 is 0 Å². The molecule has 84 valence electrons. The largest absolute Gasteiger partial charge is 0.478 e. The molecular formula is C13H15NO2. The monoisotopic (exact) mass is 217 g/mol. The standard InChI is InChI=1S/C13H15NO2/c1-10-9-12(13(15)16)7-6-11(10)5-3-4-8-14-2/h6-7,9,14H,4,8H2,1-2H3,(H,15,16). The maximum atomic E-state index is 10.7. The second kappa shape index (κ2) is 5.94. The van der Waals surface area contributed by atoms with Gasteiger partial charge >= 0.3 is 5.97 Å². The van der Waals surface area contributed by atoms with Gasteiger partial charge in [-0.25, -0.2) is 4.79 Å². The van der Waals surface area contributed by atoms with Crippen molar-refractivity contribution in [3.05, 3.63) is 34.9 Å². The van der Waals surface area contributed by atoms with Crippen LogP contribution in [0.15, 0.2) is 18.2 Å². The normalized spacial score (nSPS) is 9.38. The van der Waals surface area contributed by atoms with E-state index in [0.717, 1.165) is 24.1 Å². The van der Waals surface area contributed by atoms with Crippen LogP contribution in [-0.4, -0.2) is 24.7 Å². The highest BCUT2D eigenvalue weighted by molar-refractivity contribution is 5.88. The average Bonchev–Trinajstić information content (AvgIpc) is 2.26. The fourth-order valence-electron chi connectivity index (χ4n) is 1.28. The second-order valence-electron chi connectivity index (χ2n) is 3.49. The van der Waals surface area contributed by atoms with Gasteiger partial charge in [-0.15, -0.1) is 0 Å². The van der Waals surface area contributed by atoms with E-state index in [-0.39, 0.29) is 0 Å². The van der Waals surface area contributed by atoms with Gasteiger partial charge in [-0.3, -0.25) is 0 Å². The van der Waals surface area contributed by atoms with E-state index in [1.165, 1.54) is 0 Å². The van der Waals surface area contributed by atoms with E-state index in [1.807, 2.05) is 14.0 Å². The lowest BCUT2D eigenvalue weighted by Crippen LogP contribution is -2.05. The molecule has 0 bridgehead atoms. The maximum absolute atomic E-state index is 10.7. The van der Waals surface area contributed by atoms with Crippen molar-refractivity contribution in [2.24, 2.45) is 0 Å². The number of hydrogen-bond donors (Lipinski definition) is 2. The summed E-state index contributed by atoms with van der Waals surface area (Å²) in [5.41, 5.74) is 2.09. The Bertz CT molecular complexity index is 441. The molecule has 0 spiro atoms. The van der Waals surface area contributed by atoms with Gasteiger partial charge in [0.25, 0.3) is 0 Å². The van der Waals surface area contributed by atoms with Crippen LogP contribution in [0, 0.1) is 18.8 Å². The van der Waals surface area contributed by atoms with Crippen LogP contribution in [-0.2, 0) is 0 Å². The predicted octanol–water partition coefficient (Wildman–Crippen LogP) is 1.65. The van der Waals surface area contributed by atoms with E-state index in [4.69, 9.17) is 5.11 Å². The molecule has 0 aromatic heterocycles. The lowest BCUT2D eigenvalue weighted by Gasteiger charge is -1.99. The fraction of sp³-hybridized carbons (Fsp3) is 0.308. The third kappa shape index (κ3) is 3.41. The average molecular weight is 217 g/mol. The first-order chi connectivity index (χ1) is 7.65. The highest BCUT2D eigenvalue weighted by Gasteiger charge is 2.03.